The highest BCUT2D eigenvalue weighted by Gasteiger charge is 2.09. The van der Waals surface area contributed by atoms with Gasteiger partial charge in [-0.2, -0.15) is 0 Å². The van der Waals surface area contributed by atoms with Crippen molar-refractivity contribution in [1.82, 2.24) is 14.9 Å². The predicted octanol–water partition coefficient (Wildman–Crippen LogP) is 0.729. The maximum atomic E-state index is 11.7. The van der Waals surface area contributed by atoms with Crippen molar-refractivity contribution in [3.05, 3.63) is 12.4 Å². The van der Waals surface area contributed by atoms with E-state index in [1.165, 1.54) is 6.20 Å². The molecule has 1 amide bonds. The van der Waals surface area contributed by atoms with E-state index >= 15 is 0 Å². The molecule has 0 spiro atoms. The molecule has 0 bridgehead atoms. The van der Waals surface area contributed by atoms with Crippen LogP contribution in [0.15, 0.2) is 12.4 Å². The third kappa shape index (κ3) is 3.90. The highest BCUT2D eigenvalue weighted by atomic mass is 16.2. The van der Waals surface area contributed by atoms with Gasteiger partial charge in [0.2, 0.25) is 5.91 Å². The van der Waals surface area contributed by atoms with Crippen LogP contribution in [0, 0.1) is 0 Å². The zero-order chi connectivity index (χ0) is 12.7. The smallest absolute Gasteiger partial charge is 0.224 e. The normalized spacial score (nSPS) is 10.0. The van der Waals surface area contributed by atoms with E-state index in [1.807, 2.05) is 13.8 Å². The monoisotopic (exact) mass is 237 g/mol. The molecule has 0 fully saturated rings. The number of rotatable bonds is 6. The van der Waals surface area contributed by atoms with Crippen LogP contribution in [0.2, 0.25) is 0 Å². The van der Waals surface area contributed by atoms with Gasteiger partial charge in [-0.1, -0.05) is 0 Å². The molecule has 0 saturated heterocycles. The second-order valence-corrected chi connectivity index (χ2v) is 3.53. The zero-order valence-corrected chi connectivity index (χ0v) is 10.3. The average Bonchev–Trinajstić information content (AvgIpc) is 2.33. The Balaban J connectivity index is 2.38. The van der Waals surface area contributed by atoms with Gasteiger partial charge in [0.25, 0.3) is 0 Å². The number of hydrogen-bond acceptors (Lipinski definition) is 5. The molecule has 6 heteroatoms. The fourth-order valence-electron chi connectivity index (χ4n) is 1.51. The van der Waals surface area contributed by atoms with Crippen LogP contribution in [0.3, 0.4) is 0 Å². The summed E-state index contributed by atoms with van der Waals surface area (Å²) in [6.45, 7) is 5.93. The Morgan fingerprint density at radius 1 is 1.35 bits per heavy atom. The van der Waals surface area contributed by atoms with Crippen molar-refractivity contribution in [2.24, 2.45) is 0 Å². The van der Waals surface area contributed by atoms with Crippen LogP contribution in [0.4, 0.5) is 11.6 Å². The van der Waals surface area contributed by atoms with Crippen LogP contribution in [0.1, 0.15) is 20.3 Å². The molecule has 0 aliphatic rings. The number of nitrogen functional groups attached to an aromatic ring is 1. The largest absolute Gasteiger partial charge is 0.381 e. The second kappa shape index (κ2) is 6.67. The summed E-state index contributed by atoms with van der Waals surface area (Å²) < 4.78 is 0. The van der Waals surface area contributed by atoms with Crippen molar-refractivity contribution >= 4 is 17.5 Å². The van der Waals surface area contributed by atoms with Gasteiger partial charge in [-0.05, 0) is 13.8 Å². The number of nitrogens with zero attached hydrogens (tertiary/aromatic N) is 3. The van der Waals surface area contributed by atoms with Gasteiger partial charge < -0.3 is 16.0 Å². The fraction of sp³-hybridized carbons (Fsp3) is 0.545. The number of hydrogen-bond donors (Lipinski definition) is 2. The minimum Gasteiger partial charge on any atom is -0.381 e. The Kier molecular flexibility index (Phi) is 5.19. The first-order valence-electron chi connectivity index (χ1n) is 5.77. The van der Waals surface area contributed by atoms with Gasteiger partial charge in [0.15, 0.2) is 11.6 Å². The zero-order valence-electron chi connectivity index (χ0n) is 10.3. The summed E-state index contributed by atoms with van der Waals surface area (Å²) in [6.07, 6.45) is 3.52. The number of amides is 1. The van der Waals surface area contributed by atoms with Gasteiger partial charge >= 0.3 is 0 Å². The van der Waals surface area contributed by atoms with Gasteiger partial charge in [0.1, 0.15) is 0 Å². The van der Waals surface area contributed by atoms with Gasteiger partial charge in [-0.3, -0.25) is 4.79 Å². The topological polar surface area (TPSA) is 84.1 Å². The Labute approximate surface area is 101 Å². The number of aromatic nitrogens is 2. The minimum absolute atomic E-state index is 0.130. The quantitative estimate of drug-likeness (QED) is 0.762. The van der Waals surface area contributed by atoms with Gasteiger partial charge in [0.05, 0.1) is 0 Å². The fourth-order valence-corrected chi connectivity index (χ4v) is 1.51. The third-order valence-electron chi connectivity index (χ3n) is 2.47. The summed E-state index contributed by atoms with van der Waals surface area (Å²) in [4.78, 5) is 21.4. The first-order valence-corrected chi connectivity index (χ1v) is 5.77. The number of nitrogens with two attached hydrogens (primary N) is 1. The highest BCUT2D eigenvalue weighted by Crippen LogP contribution is 2.09. The Morgan fingerprint density at radius 2 is 2.00 bits per heavy atom. The standard InChI is InChI=1S/C11H19N5O/c1-3-16(4-2)9(17)5-6-14-11-10(12)13-7-8-15-11/h7-8H,3-6H2,1-2H3,(H2,12,13)(H,14,15). The molecule has 1 heterocycles. The van der Waals surface area contributed by atoms with Crippen molar-refractivity contribution in [2.45, 2.75) is 20.3 Å². The molecule has 0 aliphatic heterocycles. The number of nitrogens with one attached hydrogen (secondary N) is 1. The molecule has 1 aromatic rings. The highest BCUT2D eigenvalue weighted by molar-refractivity contribution is 5.76. The molecule has 3 N–H and O–H groups in total. The molecule has 0 atom stereocenters. The van der Waals surface area contributed by atoms with Crippen molar-refractivity contribution in [3.63, 3.8) is 0 Å². The van der Waals surface area contributed by atoms with Crippen molar-refractivity contribution in [1.29, 1.82) is 0 Å². The lowest BCUT2D eigenvalue weighted by atomic mass is 10.3. The van der Waals surface area contributed by atoms with Crippen LogP contribution in [0.5, 0.6) is 0 Å². The molecule has 0 aromatic carbocycles. The first kappa shape index (κ1) is 13.2. The molecular weight excluding hydrogens is 218 g/mol. The molecule has 0 radical (unpaired) electrons. The molecule has 6 nitrogen and oxygen atoms in total. The summed E-state index contributed by atoms with van der Waals surface area (Å²) in [7, 11) is 0. The molecule has 94 valence electrons. The molecule has 0 saturated carbocycles. The van der Waals surface area contributed by atoms with Crippen molar-refractivity contribution in [2.75, 3.05) is 30.7 Å². The van der Waals surface area contributed by atoms with Gasteiger partial charge in [0, 0.05) is 38.4 Å². The summed E-state index contributed by atoms with van der Waals surface area (Å²) in [5.74, 6) is 1.01. The van der Waals surface area contributed by atoms with Crippen LogP contribution in [0.25, 0.3) is 0 Å². The summed E-state index contributed by atoms with van der Waals surface area (Å²) >= 11 is 0. The first-order chi connectivity index (χ1) is 8.19. The van der Waals surface area contributed by atoms with Crippen LogP contribution in [-0.2, 0) is 4.79 Å². The average molecular weight is 237 g/mol. The molecule has 1 aromatic heterocycles. The number of carbonyl (C=O) groups excluding carboxylic acids is 1. The second-order valence-electron chi connectivity index (χ2n) is 3.53. The van der Waals surface area contributed by atoms with Crippen LogP contribution in [-0.4, -0.2) is 40.4 Å². The molecule has 1 rings (SSSR count). The maximum absolute atomic E-state index is 11.7. The van der Waals surface area contributed by atoms with E-state index in [4.69, 9.17) is 5.73 Å². The molecule has 17 heavy (non-hydrogen) atoms. The lowest BCUT2D eigenvalue weighted by Crippen LogP contribution is -2.31. The van der Waals surface area contributed by atoms with E-state index in [9.17, 15) is 4.79 Å². The van der Waals surface area contributed by atoms with E-state index in [1.54, 1.807) is 11.1 Å². The van der Waals surface area contributed by atoms with Gasteiger partial charge in [-0.25, -0.2) is 9.97 Å². The lowest BCUT2D eigenvalue weighted by Gasteiger charge is -2.18. The van der Waals surface area contributed by atoms with Crippen LogP contribution >= 0.6 is 0 Å². The Morgan fingerprint density at radius 3 is 2.59 bits per heavy atom. The van der Waals surface area contributed by atoms with Crippen molar-refractivity contribution in [3.8, 4) is 0 Å². The molecule has 0 unspecified atom stereocenters. The SMILES string of the molecule is CCN(CC)C(=O)CCNc1nccnc1N. The van der Waals surface area contributed by atoms with E-state index in [0.29, 0.717) is 24.6 Å². The Hall–Kier alpha value is -1.85. The van der Waals surface area contributed by atoms with E-state index in [0.717, 1.165) is 13.1 Å². The number of anilines is 2. The molecule has 0 aliphatic carbocycles. The predicted molar refractivity (Wildman–Crippen MR) is 67.5 cm³/mol. The maximum Gasteiger partial charge on any atom is 0.224 e. The van der Waals surface area contributed by atoms with E-state index in [2.05, 4.69) is 15.3 Å². The summed E-state index contributed by atoms with van der Waals surface area (Å²) in [6, 6.07) is 0. The number of carbonyl (C=O) groups is 1. The minimum atomic E-state index is 0.130. The van der Waals surface area contributed by atoms with Crippen LogP contribution < -0.4 is 11.1 Å². The van der Waals surface area contributed by atoms with E-state index < -0.39 is 0 Å². The molecular formula is C11H19N5O. The van der Waals surface area contributed by atoms with Gasteiger partial charge in [-0.15, -0.1) is 0 Å². The van der Waals surface area contributed by atoms with Crippen molar-refractivity contribution < 1.29 is 4.79 Å². The third-order valence-corrected chi connectivity index (χ3v) is 2.47. The van der Waals surface area contributed by atoms with E-state index in [-0.39, 0.29) is 5.91 Å². The summed E-state index contributed by atoms with van der Waals surface area (Å²) in [5.41, 5.74) is 5.62. The summed E-state index contributed by atoms with van der Waals surface area (Å²) in [5, 5.41) is 3.00. The lowest BCUT2D eigenvalue weighted by molar-refractivity contribution is -0.130. The Bertz CT molecular complexity index is 365.